The van der Waals surface area contributed by atoms with Crippen LogP contribution in [0, 0.1) is 6.92 Å². The second kappa shape index (κ2) is 5.57. The predicted octanol–water partition coefficient (Wildman–Crippen LogP) is 2.42. The molecule has 4 rings (SSSR count). The van der Waals surface area contributed by atoms with Crippen LogP contribution in [0.3, 0.4) is 0 Å². The summed E-state index contributed by atoms with van der Waals surface area (Å²) in [5, 5.41) is 0. The molecule has 5 heteroatoms. The van der Waals surface area contributed by atoms with E-state index in [4.69, 9.17) is 4.42 Å². The number of amides is 1. The molecule has 0 aliphatic carbocycles. The van der Waals surface area contributed by atoms with E-state index in [1.54, 1.807) is 0 Å². The van der Waals surface area contributed by atoms with Crippen molar-refractivity contribution in [1.82, 2.24) is 14.4 Å². The summed E-state index contributed by atoms with van der Waals surface area (Å²) in [7, 11) is 1.93. The topological polar surface area (TPSA) is 41.6 Å². The lowest BCUT2D eigenvalue weighted by atomic mass is 10.1. The molecule has 2 aromatic rings. The van der Waals surface area contributed by atoms with Crippen LogP contribution in [-0.2, 0) is 13.6 Å². The summed E-state index contributed by atoms with van der Waals surface area (Å²) in [6, 6.07) is 8.72. The van der Waals surface area contributed by atoms with E-state index < -0.39 is 0 Å². The zero-order valence-corrected chi connectivity index (χ0v) is 13.7. The maximum atomic E-state index is 12.8. The Kier molecular flexibility index (Phi) is 3.53. The van der Waals surface area contributed by atoms with Gasteiger partial charge in [-0.3, -0.25) is 9.69 Å². The summed E-state index contributed by atoms with van der Waals surface area (Å²) in [6.45, 7) is 4.71. The molecule has 2 aliphatic rings. The van der Waals surface area contributed by atoms with Crippen LogP contribution in [0.2, 0.25) is 0 Å². The highest BCUT2D eigenvalue weighted by atomic mass is 16.3. The van der Waals surface area contributed by atoms with Crippen molar-refractivity contribution in [2.24, 2.45) is 7.05 Å². The monoisotopic (exact) mass is 313 g/mol. The van der Waals surface area contributed by atoms with Crippen LogP contribution in [0.4, 0.5) is 0 Å². The maximum absolute atomic E-state index is 12.8. The quantitative estimate of drug-likeness (QED) is 0.874. The first-order valence-corrected chi connectivity index (χ1v) is 8.35. The van der Waals surface area contributed by atoms with E-state index in [1.807, 2.05) is 42.9 Å². The SMILES string of the molecule is Cc1ccc(CN2CC[C@@H]3[C@@H]2CCN3C(=O)c2cccn2C)o1. The van der Waals surface area contributed by atoms with Crippen molar-refractivity contribution in [2.75, 3.05) is 13.1 Å². The summed E-state index contributed by atoms with van der Waals surface area (Å²) in [4.78, 5) is 17.4. The molecule has 0 saturated carbocycles. The van der Waals surface area contributed by atoms with Gasteiger partial charge in [-0.15, -0.1) is 0 Å². The van der Waals surface area contributed by atoms with E-state index in [0.29, 0.717) is 12.1 Å². The molecular weight excluding hydrogens is 290 g/mol. The van der Waals surface area contributed by atoms with Gasteiger partial charge in [-0.1, -0.05) is 0 Å². The Morgan fingerprint density at radius 1 is 1.22 bits per heavy atom. The molecule has 2 saturated heterocycles. The zero-order chi connectivity index (χ0) is 16.0. The van der Waals surface area contributed by atoms with Crippen LogP contribution < -0.4 is 0 Å². The molecule has 5 nitrogen and oxygen atoms in total. The first kappa shape index (κ1) is 14.6. The zero-order valence-electron chi connectivity index (χ0n) is 13.7. The number of hydrogen-bond acceptors (Lipinski definition) is 3. The lowest BCUT2D eigenvalue weighted by Crippen LogP contribution is -2.40. The average molecular weight is 313 g/mol. The molecule has 2 atom stereocenters. The van der Waals surface area contributed by atoms with E-state index in [0.717, 1.165) is 49.7 Å². The lowest BCUT2D eigenvalue weighted by Gasteiger charge is -2.25. The highest BCUT2D eigenvalue weighted by Crippen LogP contribution is 2.33. The third-order valence-electron chi connectivity index (χ3n) is 5.27. The largest absolute Gasteiger partial charge is 0.465 e. The number of rotatable bonds is 3. The Labute approximate surface area is 136 Å². The number of aryl methyl sites for hydroxylation is 2. The number of carbonyl (C=O) groups excluding carboxylic acids is 1. The van der Waals surface area contributed by atoms with Gasteiger partial charge in [0, 0.05) is 38.4 Å². The minimum atomic E-state index is 0.167. The normalized spacial score (nSPS) is 24.3. The molecule has 0 N–H and O–H groups in total. The molecule has 2 aliphatic heterocycles. The van der Waals surface area contributed by atoms with Crippen LogP contribution in [-0.4, -0.2) is 45.4 Å². The predicted molar refractivity (Wildman–Crippen MR) is 87.1 cm³/mol. The number of carbonyl (C=O) groups is 1. The number of hydrogen-bond donors (Lipinski definition) is 0. The highest BCUT2D eigenvalue weighted by Gasteiger charge is 2.44. The minimum Gasteiger partial charge on any atom is -0.465 e. The van der Waals surface area contributed by atoms with Crippen molar-refractivity contribution in [3.05, 3.63) is 47.7 Å². The average Bonchev–Trinajstić information content (AvgIpc) is 3.26. The van der Waals surface area contributed by atoms with Gasteiger partial charge < -0.3 is 13.9 Å². The highest BCUT2D eigenvalue weighted by molar-refractivity contribution is 5.93. The van der Waals surface area contributed by atoms with Gasteiger partial charge in [-0.05, 0) is 44.0 Å². The molecule has 0 unspecified atom stereocenters. The molecule has 2 fully saturated rings. The Morgan fingerprint density at radius 3 is 2.74 bits per heavy atom. The summed E-state index contributed by atoms with van der Waals surface area (Å²) in [5.74, 6) is 2.15. The molecule has 1 amide bonds. The van der Waals surface area contributed by atoms with Gasteiger partial charge in [-0.2, -0.15) is 0 Å². The number of aromatic nitrogens is 1. The molecule has 2 aromatic heterocycles. The molecule has 0 bridgehead atoms. The molecule has 0 radical (unpaired) electrons. The first-order valence-electron chi connectivity index (χ1n) is 8.35. The van der Waals surface area contributed by atoms with Gasteiger partial charge in [0.25, 0.3) is 5.91 Å². The van der Waals surface area contributed by atoms with E-state index in [1.165, 1.54) is 0 Å². The Hall–Kier alpha value is -2.01. The third kappa shape index (κ3) is 2.49. The molecule has 122 valence electrons. The standard InChI is InChI=1S/C18H23N3O2/c1-13-5-6-14(23-13)12-20-10-7-16-15(20)8-11-21(16)18(22)17-4-3-9-19(17)2/h3-6,9,15-16H,7-8,10-12H2,1-2H3/t15-,16+/m0/s1. The lowest BCUT2D eigenvalue weighted by molar-refractivity contribution is 0.0722. The van der Waals surface area contributed by atoms with Crippen molar-refractivity contribution in [3.63, 3.8) is 0 Å². The van der Waals surface area contributed by atoms with Crippen molar-refractivity contribution in [1.29, 1.82) is 0 Å². The first-order chi connectivity index (χ1) is 11.1. The van der Waals surface area contributed by atoms with E-state index >= 15 is 0 Å². The number of likely N-dealkylation sites (tertiary alicyclic amines) is 2. The number of nitrogens with zero attached hydrogens (tertiary/aromatic N) is 3. The van der Waals surface area contributed by atoms with Gasteiger partial charge in [0.1, 0.15) is 17.2 Å². The molecule has 23 heavy (non-hydrogen) atoms. The van der Waals surface area contributed by atoms with Crippen molar-refractivity contribution < 1.29 is 9.21 Å². The van der Waals surface area contributed by atoms with Crippen LogP contribution in [0.15, 0.2) is 34.9 Å². The summed E-state index contributed by atoms with van der Waals surface area (Å²) in [6.07, 6.45) is 4.04. The molecule has 4 heterocycles. The smallest absolute Gasteiger partial charge is 0.270 e. The molecule has 0 aromatic carbocycles. The fourth-order valence-corrected chi connectivity index (χ4v) is 4.12. The molecule has 0 spiro atoms. The van der Waals surface area contributed by atoms with E-state index in [-0.39, 0.29) is 5.91 Å². The fourth-order valence-electron chi connectivity index (χ4n) is 4.12. The fraction of sp³-hybridized carbons (Fsp3) is 0.500. The van der Waals surface area contributed by atoms with Gasteiger partial charge in [0.15, 0.2) is 0 Å². The van der Waals surface area contributed by atoms with Gasteiger partial charge >= 0.3 is 0 Å². The van der Waals surface area contributed by atoms with Crippen molar-refractivity contribution >= 4 is 5.91 Å². The Bertz CT molecular complexity index is 717. The second-order valence-electron chi connectivity index (χ2n) is 6.70. The second-order valence-corrected chi connectivity index (χ2v) is 6.70. The van der Waals surface area contributed by atoms with Crippen LogP contribution in [0.5, 0.6) is 0 Å². The van der Waals surface area contributed by atoms with Crippen molar-refractivity contribution in [3.8, 4) is 0 Å². The summed E-state index contributed by atoms with van der Waals surface area (Å²) < 4.78 is 7.63. The summed E-state index contributed by atoms with van der Waals surface area (Å²) in [5.41, 5.74) is 0.783. The summed E-state index contributed by atoms with van der Waals surface area (Å²) >= 11 is 0. The Morgan fingerprint density at radius 2 is 2.04 bits per heavy atom. The Balaban J connectivity index is 1.47. The van der Waals surface area contributed by atoms with E-state index in [9.17, 15) is 4.79 Å². The van der Waals surface area contributed by atoms with Crippen molar-refractivity contribution in [2.45, 2.75) is 38.4 Å². The van der Waals surface area contributed by atoms with Gasteiger partial charge in [0.05, 0.1) is 6.54 Å². The van der Waals surface area contributed by atoms with Crippen LogP contribution in [0.1, 0.15) is 34.9 Å². The van der Waals surface area contributed by atoms with Crippen LogP contribution >= 0.6 is 0 Å². The van der Waals surface area contributed by atoms with Crippen LogP contribution in [0.25, 0.3) is 0 Å². The van der Waals surface area contributed by atoms with Gasteiger partial charge in [-0.25, -0.2) is 0 Å². The minimum absolute atomic E-state index is 0.167. The van der Waals surface area contributed by atoms with E-state index in [2.05, 4.69) is 15.9 Å². The van der Waals surface area contributed by atoms with Gasteiger partial charge in [0.2, 0.25) is 0 Å². The number of furan rings is 1. The number of fused-ring (bicyclic) bond motifs is 1. The molecular formula is C18H23N3O2. The third-order valence-corrected chi connectivity index (χ3v) is 5.27. The maximum Gasteiger partial charge on any atom is 0.270 e.